The monoisotopic (exact) mass is 508 g/mol. The van der Waals surface area contributed by atoms with Gasteiger partial charge in [-0.15, -0.1) is 0 Å². The zero-order valence-electron chi connectivity index (χ0n) is 10.6. The van der Waals surface area contributed by atoms with Gasteiger partial charge in [0, 0.05) is 24.9 Å². The summed E-state index contributed by atoms with van der Waals surface area (Å²) < 4.78 is 5.81. The van der Waals surface area contributed by atoms with E-state index < -0.39 is 0 Å². The van der Waals surface area contributed by atoms with Crippen molar-refractivity contribution in [2.45, 2.75) is 12.8 Å². The number of fused-ring (bicyclic) bond motifs is 3. The number of ether oxygens (including phenoxy) is 1. The van der Waals surface area contributed by atoms with E-state index >= 15 is 0 Å². The third kappa shape index (κ3) is 3.56. The van der Waals surface area contributed by atoms with Crippen LogP contribution in [0.2, 0.25) is 0 Å². The van der Waals surface area contributed by atoms with E-state index in [1.165, 1.54) is 24.2 Å². The zero-order chi connectivity index (χ0) is 13.1. The fraction of sp³-hybridized carbons (Fsp3) is 0.538. The first-order valence-electron chi connectivity index (χ1n) is 6.00. The van der Waals surface area contributed by atoms with Crippen LogP contribution in [0.25, 0.3) is 0 Å². The van der Waals surface area contributed by atoms with E-state index in [2.05, 4.69) is 77.0 Å². The molecule has 1 fully saturated rings. The molecule has 1 saturated heterocycles. The van der Waals surface area contributed by atoms with Crippen molar-refractivity contribution in [3.63, 3.8) is 0 Å². The topological polar surface area (TPSA) is 12.5 Å². The number of likely N-dealkylation sites (tertiary alicyclic amines) is 1. The summed E-state index contributed by atoms with van der Waals surface area (Å²) in [7, 11) is 2.83. The molecule has 0 saturated carbocycles. The zero-order valence-corrected chi connectivity index (χ0v) is 16.3. The molecule has 0 unspecified atom stereocenters. The Hall–Kier alpha value is 1.02. The summed E-state index contributed by atoms with van der Waals surface area (Å²) in [4.78, 5) is 2.41. The molecule has 2 nitrogen and oxygen atoms in total. The summed E-state index contributed by atoms with van der Waals surface area (Å²) in [5.41, 5.74) is 2.77. The molecule has 5 heteroatoms. The number of nitrogens with zero attached hydrogens (tertiary/aromatic N) is 1. The Kier molecular flexibility index (Phi) is 6.13. The van der Waals surface area contributed by atoms with E-state index in [4.69, 9.17) is 4.74 Å². The fourth-order valence-corrected chi connectivity index (χ4v) is 2.89. The van der Waals surface area contributed by atoms with Crippen LogP contribution in [0.5, 0.6) is 5.75 Å². The number of aryl methyl sites for hydroxylation is 1. The SMILES string of the molecule is Cc1ccc2c(c1)[C@H]1CN(C)C[C@@H]1CO2.[I][V][I]. The summed E-state index contributed by atoms with van der Waals surface area (Å²) >= 11 is 4.74. The molecule has 1 aromatic rings. The predicted octanol–water partition coefficient (Wildman–Crippen LogP) is 3.80. The Labute approximate surface area is 138 Å². The number of hydrogen-bond acceptors (Lipinski definition) is 2. The van der Waals surface area contributed by atoms with Gasteiger partial charge in [-0.1, -0.05) is 17.7 Å². The van der Waals surface area contributed by atoms with Crippen LogP contribution in [0.1, 0.15) is 17.0 Å². The molecule has 0 N–H and O–H groups in total. The Bertz CT molecular complexity index is 416. The van der Waals surface area contributed by atoms with Crippen LogP contribution < -0.4 is 4.74 Å². The van der Waals surface area contributed by atoms with Gasteiger partial charge in [-0.05, 0) is 25.6 Å². The second-order valence-corrected chi connectivity index (χ2v) is 16.8. The molecule has 2 aliphatic rings. The summed E-state index contributed by atoms with van der Waals surface area (Å²) in [5, 5.41) is 0. The first kappa shape index (κ1) is 15.4. The summed E-state index contributed by atoms with van der Waals surface area (Å²) in [6.45, 7) is 5.41. The van der Waals surface area contributed by atoms with Gasteiger partial charge in [0.1, 0.15) is 5.75 Å². The number of likely N-dealkylation sites (N-methyl/N-ethyl adjacent to an activating group) is 1. The molecule has 0 aliphatic carbocycles. The second-order valence-electron chi connectivity index (χ2n) is 5.00. The van der Waals surface area contributed by atoms with Crippen LogP contribution in [-0.4, -0.2) is 31.6 Å². The van der Waals surface area contributed by atoms with Crippen molar-refractivity contribution < 1.29 is 14.2 Å². The van der Waals surface area contributed by atoms with Crippen LogP contribution in [0.3, 0.4) is 0 Å². The van der Waals surface area contributed by atoms with Gasteiger partial charge in [0.25, 0.3) is 0 Å². The van der Waals surface area contributed by atoms with Crippen LogP contribution in [0, 0.1) is 12.8 Å². The number of benzene rings is 1. The van der Waals surface area contributed by atoms with Crippen molar-refractivity contribution in [1.29, 1.82) is 0 Å². The summed E-state index contributed by atoms with van der Waals surface area (Å²) in [6.07, 6.45) is 0. The minimum absolute atomic E-state index is 0.628. The van der Waals surface area contributed by atoms with Gasteiger partial charge in [-0.2, -0.15) is 0 Å². The number of hydrogen-bond donors (Lipinski definition) is 0. The first-order valence-corrected chi connectivity index (χ1v) is 15.0. The van der Waals surface area contributed by atoms with Crippen LogP contribution in [0.4, 0.5) is 0 Å². The quantitative estimate of drug-likeness (QED) is 0.495. The molecule has 0 bridgehead atoms. The Balaban J connectivity index is 0.000000367. The van der Waals surface area contributed by atoms with E-state index in [0.717, 1.165) is 12.4 Å². The maximum absolute atomic E-state index is 5.81. The third-order valence-electron chi connectivity index (χ3n) is 3.64. The van der Waals surface area contributed by atoms with E-state index in [9.17, 15) is 0 Å². The number of halogens is 2. The van der Waals surface area contributed by atoms with E-state index in [1.807, 2.05) is 0 Å². The van der Waals surface area contributed by atoms with Crippen molar-refractivity contribution in [2.24, 2.45) is 5.92 Å². The average molecular weight is 508 g/mol. The Morgan fingerprint density at radius 1 is 1.33 bits per heavy atom. The van der Waals surface area contributed by atoms with Gasteiger partial charge < -0.3 is 9.64 Å². The third-order valence-corrected chi connectivity index (χ3v) is 3.64. The van der Waals surface area contributed by atoms with Crippen molar-refractivity contribution in [3.05, 3.63) is 29.3 Å². The van der Waals surface area contributed by atoms with Crippen LogP contribution >= 0.6 is 40.0 Å². The van der Waals surface area contributed by atoms with Gasteiger partial charge >= 0.3 is 49.4 Å². The van der Waals surface area contributed by atoms with Crippen molar-refractivity contribution in [1.82, 2.24) is 4.90 Å². The van der Waals surface area contributed by atoms with Crippen LogP contribution in [0.15, 0.2) is 18.2 Å². The summed E-state index contributed by atoms with van der Waals surface area (Å²) in [6, 6.07) is 6.56. The molecular weight excluding hydrogens is 491 g/mol. The molecular formula is C13H17I2NOV. The first-order chi connectivity index (χ1) is 8.65. The van der Waals surface area contributed by atoms with Gasteiger partial charge in [-0.25, -0.2) is 0 Å². The standard InChI is InChI=1S/C13H17NO.2HI.V/c1-9-3-4-13-11(5-9)12-7-14(2)6-10(12)8-15-13;;;/h3-5,10,12H,6-8H2,1-2H3;2*1H;/q;;;+2/p-2/t10-,12+;;;/m1.../s1. The van der Waals surface area contributed by atoms with Crippen molar-refractivity contribution >= 4 is 40.0 Å². The number of rotatable bonds is 0. The molecule has 2 aliphatic heterocycles. The van der Waals surface area contributed by atoms with Gasteiger partial charge in [0.05, 0.1) is 6.61 Å². The molecule has 2 atom stereocenters. The van der Waals surface area contributed by atoms with E-state index in [-0.39, 0.29) is 0 Å². The van der Waals surface area contributed by atoms with Gasteiger partial charge in [0.2, 0.25) is 0 Å². The van der Waals surface area contributed by atoms with Crippen LogP contribution in [-0.2, 0) is 9.47 Å². The minimum atomic E-state index is 0.628. The van der Waals surface area contributed by atoms with E-state index in [1.54, 1.807) is 0 Å². The molecule has 0 amide bonds. The molecule has 0 radical (unpaired) electrons. The molecule has 18 heavy (non-hydrogen) atoms. The normalized spacial score (nSPS) is 25.3. The summed E-state index contributed by atoms with van der Waals surface area (Å²) in [5.74, 6) is 2.50. The van der Waals surface area contributed by atoms with Crippen molar-refractivity contribution in [2.75, 3.05) is 26.7 Å². The van der Waals surface area contributed by atoms with E-state index in [0.29, 0.717) is 21.3 Å². The van der Waals surface area contributed by atoms with Gasteiger partial charge in [0.15, 0.2) is 0 Å². The molecule has 0 aromatic heterocycles. The molecule has 99 valence electrons. The average Bonchev–Trinajstić information content (AvgIpc) is 2.71. The molecule has 2 heterocycles. The van der Waals surface area contributed by atoms with Gasteiger partial charge in [-0.3, -0.25) is 0 Å². The Morgan fingerprint density at radius 3 is 2.78 bits per heavy atom. The Morgan fingerprint density at radius 2 is 2.06 bits per heavy atom. The van der Waals surface area contributed by atoms with Crippen molar-refractivity contribution in [3.8, 4) is 5.75 Å². The predicted molar refractivity (Wildman–Crippen MR) is 88.4 cm³/mol. The maximum atomic E-state index is 5.81. The fourth-order valence-electron chi connectivity index (χ4n) is 2.89. The molecule has 3 rings (SSSR count). The molecule has 0 spiro atoms. The second kappa shape index (κ2) is 7.15. The molecule has 1 aromatic carbocycles.